The molecule has 0 atom stereocenters. The Morgan fingerprint density at radius 1 is 1.20 bits per heavy atom. The van der Waals surface area contributed by atoms with E-state index in [9.17, 15) is 4.79 Å². The normalized spacial score (nSPS) is 21.3. The fourth-order valence-corrected chi connectivity index (χ4v) is 3.54. The van der Waals surface area contributed by atoms with Crippen LogP contribution in [-0.2, 0) is 14.3 Å². The Bertz CT molecular complexity index is 624. The van der Waals surface area contributed by atoms with Crippen LogP contribution in [-0.4, -0.2) is 18.7 Å². The molecule has 6 nitrogen and oxygen atoms in total. The lowest BCUT2D eigenvalue weighted by Crippen LogP contribution is -2.33. The number of hydrazine groups is 1. The molecule has 0 amide bonds. The maximum absolute atomic E-state index is 11.8. The molecule has 25 heavy (non-hydrogen) atoms. The quantitative estimate of drug-likeness (QED) is 0.228. The van der Waals surface area contributed by atoms with Gasteiger partial charge in [0.05, 0.1) is 6.61 Å². The Morgan fingerprint density at radius 2 is 1.80 bits per heavy atom. The molecule has 0 aromatic heterocycles. The molecule has 0 unspecified atom stereocenters. The predicted molar refractivity (Wildman–Crippen MR) is 97.7 cm³/mol. The van der Waals surface area contributed by atoms with Gasteiger partial charge in [-0.15, -0.1) is 0 Å². The molecule has 0 spiro atoms. The molecule has 1 aliphatic carbocycles. The maximum Gasteiger partial charge on any atom is 0.361 e. The lowest BCUT2D eigenvalue weighted by atomic mass is 9.83. The monoisotopic (exact) mass is 387 g/mol. The molecule has 8 heteroatoms. The third kappa shape index (κ3) is 5.42. The first kappa shape index (κ1) is 19.7. The number of esters is 1. The van der Waals surface area contributed by atoms with E-state index in [4.69, 9.17) is 44.3 Å². The minimum Gasteiger partial charge on any atom is -0.474 e. The van der Waals surface area contributed by atoms with Crippen molar-refractivity contribution in [2.75, 3.05) is 6.61 Å². The van der Waals surface area contributed by atoms with Crippen LogP contribution in [0.3, 0.4) is 0 Å². The lowest BCUT2D eigenvalue weighted by molar-refractivity contribution is -0.139. The standard InChI is InChI=1S/C17H23Cl2N3O3/c1-2-24-17(23)15(22-21)16(20)25-14-5-3-10(4-6-14)11-7-12(18)9-13(19)8-11/h7-10,14,22H,2-6,20-21H2,1H3/b16-15+. The van der Waals surface area contributed by atoms with E-state index in [2.05, 4.69) is 5.43 Å². The summed E-state index contributed by atoms with van der Waals surface area (Å²) in [5.74, 6) is 5.04. The molecule has 2 rings (SSSR count). The summed E-state index contributed by atoms with van der Waals surface area (Å²) < 4.78 is 10.6. The van der Waals surface area contributed by atoms with Crippen LogP contribution in [0.15, 0.2) is 29.8 Å². The number of nitrogens with two attached hydrogens (primary N) is 2. The molecule has 5 N–H and O–H groups in total. The van der Waals surface area contributed by atoms with Crippen molar-refractivity contribution in [2.45, 2.75) is 44.6 Å². The minimum absolute atomic E-state index is 0.0461. The fraction of sp³-hybridized carbons (Fsp3) is 0.471. The van der Waals surface area contributed by atoms with Crippen LogP contribution in [0.2, 0.25) is 10.0 Å². The second-order valence-corrected chi connectivity index (χ2v) is 6.77. The molecule has 0 saturated heterocycles. The molecular formula is C17H23Cl2N3O3. The van der Waals surface area contributed by atoms with E-state index in [1.54, 1.807) is 13.0 Å². The molecule has 1 aromatic carbocycles. The SMILES string of the molecule is CCOC(=O)/C(NN)=C(/N)OC1CCC(c2cc(Cl)cc(Cl)c2)CC1. The zero-order valence-electron chi connectivity index (χ0n) is 14.1. The molecule has 138 valence electrons. The molecule has 1 fully saturated rings. The van der Waals surface area contributed by atoms with Crippen molar-refractivity contribution in [2.24, 2.45) is 11.6 Å². The van der Waals surface area contributed by atoms with E-state index in [-0.39, 0.29) is 24.3 Å². The van der Waals surface area contributed by atoms with Crippen molar-refractivity contribution < 1.29 is 14.3 Å². The topological polar surface area (TPSA) is 99.6 Å². The fourth-order valence-electron chi connectivity index (χ4n) is 3.00. The van der Waals surface area contributed by atoms with E-state index < -0.39 is 5.97 Å². The van der Waals surface area contributed by atoms with Gasteiger partial charge in [-0.2, -0.15) is 0 Å². The van der Waals surface area contributed by atoms with Crippen molar-refractivity contribution in [3.05, 3.63) is 45.4 Å². The van der Waals surface area contributed by atoms with Crippen LogP contribution in [0, 0.1) is 0 Å². The van der Waals surface area contributed by atoms with Gasteiger partial charge < -0.3 is 20.6 Å². The first-order valence-corrected chi connectivity index (χ1v) is 8.96. The van der Waals surface area contributed by atoms with Crippen molar-refractivity contribution in [3.8, 4) is 0 Å². The summed E-state index contributed by atoms with van der Waals surface area (Å²) in [6, 6.07) is 5.62. The average molecular weight is 388 g/mol. The van der Waals surface area contributed by atoms with Gasteiger partial charge in [0.1, 0.15) is 6.10 Å². The highest BCUT2D eigenvalue weighted by molar-refractivity contribution is 6.34. The second-order valence-electron chi connectivity index (χ2n) is 5.90. The van der Waals surface area contributed by atoms with Crippen LogP contribution in [0.25, 0.3) is 0 Å². The van der Waals surface area contributed by atoms with E-state index in [1.165, 1.54) is 0 Å². The van der Waals surface area contributed by atoms with Crippen LogP contribution in [0.5, 0.6) is 0 Å². The van der Waals surface area contributed by atoms with Crippen molar-refractivity contribution in [1.82, 2.24) is 5.43 Å². The van der Waals surface area contributed by atoms with E-state index in [1.807, 2.05) is 12.1 Å². The number of carbonyl (C=O) groups is 1. The van der Waals surface area contributed by atoms with E-state index in [0.29, 0.717) is 16.0 Å². The third-order valence-corrected chi connectivity index (χ3v) is 4.63. The van der Waals surface area contributed by atoms with Crippen LogP contribution in [0.4, 0.5) is 0 Å². The van der Waals surface area contributed by atoms with Gasteiger partial charge in [-0.25, -0.2) is 4.79 Å². The van der Waals surface area contributed by atoms with Crippen LogP contribution < -0.4 is 17.0 Å². The number of rotatable bonds is 6. The summed E-state index contributed by atoms with van der Waals surface area (Å²) in [5.41, 5.74) is 9.17. The summed E-state index contributed by atoms with van der Waals surface area (Å²) in [7, 11) is 0. The number of hydrogen-bond acceptors (Lipinski definition) is 6. The Hall–Kier alpha value is -1.63. The van der Waals surface area contributed by atoms with Crippen LogP contribution >= 0.6 is 23.2 Å². The minimum atomic E-state index is -0.634. The smallest absolute Gasteiger partial charge is 0.361 e. The Morgan fingerprint density at radius 3 is 2.32 bits per heavy atom. The largest absolute Gasteiger partial charge is 0.474 e. The van der Waals surface area contributed by atoms with Crippen molar-refractivity contribution >= 4 is 29.2 Å². The number of halogens is 2. The molecule has 1 aromatic rings. The Balaban J connectivity index is 1.96. The molecule has 0 aliphatic heterocycles. The van der Waals surface area contributed by atoms with Gasteiger partial charge in [-0.1, -0.05) is 23.2 Å². The number of ether oxygens (including phenoxy) is 2. The molecule has 0 radical (unpaired) electrons. The molecule has 1 saturated carbocycles. The van der Waals surface area contributed by atoms with Crippen molar-refractivity contribution in [1.29, 1.82) is 0 Å². The van der Waals surface area contributed by atoms with Gasteiger partial charge in [-0.05, 0) is 62.3 Å². The van der Waals surface area contributed by atoms with Gasteiger partial charge in [0.2, 0.25) is 5.88 Å². The highest BCUT2D eigenvalue weighted by Gasteiger charge is 2.26. The number of nitrogens with one attached hydrogen (secondary N) is 1. The zero-order valence-corrected chi connectivity index (χ0v) is 15.6. The summed E-state index contributed by atoms with van der Waals surface area (Å²) in [4.78, 5) is 11.8. The highest BCUT2D eigenvalue weighted by Crippen LogP contribution is 2.36. The zero-order chi connectivity index (χ0) is 18.4. The van der Waals surface area contributed by atoms with Gasteiger partial charge in [0.25, 0.3) is 0 Å². The van der Waals surface area contributed by atoms with Gasteiger partial charge in [-0.3, -0.25) is 5.84 Å². The summed E-state index contributed by atoms with van der Waals surface area (Å²) >= 11 is 12.2. The summed E-state index contributed by atoms with van der Waals surface area (Å²) in [6.07, 6.45) is 3.36. The number of hydrogen-bond donors (Lipinski definition) is 3. The maximum atomic E-state index is 11.8. The van der Waals surface area contributed by atoms with Gasteiger partial charge in [0, 0.05) is 10.0 Å². The van der Waals surface area contributed by atoms with Gasteiger partial charge in [0.15, 0.2) is 5.70 Å². The average Bonchev–Trinajstić information content (AvgIpc) is 2.55. The molecule has 1 aliphatic rings. The first-order chi connectivity index (χ1) is 11.9. The molecule has 0 heterocycles. The lowest BCUT2D eigenvalue weighted by Gasteiger charge is -2.29. The van der Waals surface area contributed by atoms with Crippen LogP contribution in [0.1, 0.15) is 44.1 Å². The second kappa shape index (κ2) is 9.17. The van der Waals surface area contributed by atoms with Crippen molar-refractivity contribution in [3.63, 3.8) is 0 Å². The predicted octanol–water partition coefficient (Wildman–Crippen LogP) is 3.19. The van der Waals surface area contributed by atoms with E-state index in [0.717, 1.165) is 31.2 Å². The summed E-state index contributed by atoms with van der Waals surface area (Å²) in [5, 5.41) is 1.28. The molecule has 0 bridgehead atoms. The van der Waals surface area contributed by atoms with Gasteiger partial charge >= 0.3 is 5.97 Å². The number of benzene rings is 1. The molecular weight excluding hydrogens is 365 g/mol. The third-order valence-electron chi connectivity index (χ3n) is 4.19. The highest BCUT2D eigenvalue weighted by atomic mass is 35.5. The van der Waals surface area contributed by atoms with E-state index >= 15 is 0 Å². The Labute approximate surface area is 157 Å². The number of carbonyl (C=O) groups excluding carboxylic acids is 1. The Kier molecular flexibility index (Phi) is 7.23. The first-order valence-electron chi connectivity index (χ1n) is 8.20. The summed E-state index contributed by atoms with van der Waals surface area (Å²) in [6.45, 7) is 1.93.